The number of carbonyl (C=O) groups excluding carboxylic acids is 1. The molecule has 0 bridgehead atoms. The van der Waals surface area contributed by atoms with E-state index in [1.165, 1.54) is 17.1 Å². The molecule has 0 saturated carbocycles. The number of carboxylic acids is 1. The number of nitrogens with one attached hydrogen (secondary N) is 1. The van der Waals surface area contributed by atoms with Crippen molar-refractivity contribution in [1.82, 2.24) is 9.78 Å². The van der Waals surface area contributed by atoms with Gasteiger partial charge in [-0.15, -0.1) is 0 Å². The highest BCUT2D eigenvalue weighted by molar-refractivity contribution is 5.90. The number of aliphatic carboxylic acids is 1. The summed E-state index contributed by atoms with van der Waals surface area (Å²) < 4.78 is 6.71. The average Bonchev–Trinajstić information content (AvgIpc) is 3.00. The van der Waals surface area contributed by atoms with Gasteiger partial charge >= 0.3 is 5.97 Å². The second kappa shape index (κ2) is 5.62. The van der Waals surface area contributed by atoms with Gasteiger partial charge in [0.1, 0.15) is 0 Å². The fourth-order valence-electron chi connectivity index (χ4n) is 2.02. The summed E-state index contributed by atoms with van der Waals surface area (Å²) in [6.07, 6.45) is 5.15. The zero-order valence-corrected chi connectivity index (χ0v) is 11.6. The molecule has 1 unspecified atom stereocenters. The van der Waals surface area contributed by atoms with Crippen LogP contribution in [0.3, 0.4) is 0 Å². The molecule has 1 aromatic heterocycles. The van der Waals surface area contributed by atoms with E-state index in [0.717, 1.165) is 12.8 Å². The maximum absolute atomic E-state index is 11.8. The Hall–Kier alpha value is -1.89. The van der Waals surface area contributed by atoms with Crippen molar-refractivity contribution >= 4 is 17.6 Å². The summed E-state index contributed by atoms with van der Waals surface area (Å²) in [6.45, 7) is 3.79. The third kappa shape index (κ3) is 3.16. The molecule has 0 radical (unpaired) electrons. The minimum absolute atomic E-state index is 0.0134. The Morgan fingerprint density at radius 2 is 2.35 bits per heavy atom. The van der Waals surface area contributed by atoms with E-state index in [9.17, 15) is 9.59 Å². The molecule has 1 aliphatic rings. The lowest BCUT2D eigenvalue weighted by Gasteiger charge is -2.19. The molecule has 1 atom stereocenters. The quantitative estimate of drug-likeness (QED) is 0.846. The SMILES string of the molecule is CC(C)(C(=O)O)n1cc(NC(=O)CC2CCCO2)cn1. The number of nitrogens with zero attached hydrogens (tertiary/aromatic N) is 2. The molecule has 7 nitrogen and oxygen atoms in total. The number of aromatic nitrogens is 2. The van der Waals surface area contributed by atoms with E-state index in [0.29, 0.717) is 18.7 Å². The Morgan fingerprint density at radius 1 is 1.60 bits per heavy atom. The smallest absolute Gasteiger partial charge is 0.331 e. The van der Waals surface area contributed by atoms with Gasteiger partial charge in [0, 0.05) is 12.8 Å². The molecule has 1 fully saturated rings. The van der Waals surface area contributed by atoms with E-state index in [2.05, 4.69) is 10.4 Å². The van der Waals surface area contributed by atoms with Crippen molar-refractivity contribution in [3.8, 4) is 0 Å². The van der Waals surface area contributed by atoms with E-state index < -0.39 is 11.5 Å². The molecule has 7 heteroatoms. The summed E-state index contributed by atoms with van der Waals surface area (Å²) in [5, 5.41) is 15.8. The first-order valence-electron chi connectivity index (χ1n) is 6.59. The van der Waals surface area contributed by atoms with Gasteiger partial charge in [0.25, 0.3) is 0 Å². The predicted molar refractivity (Wildman–Crippen MR) is 71.4 cm³/mol. The molecule has 1 aromatic rings. The number of anilines is 1. The zero-order chi connectivity index (χ0) is 14.8. The van der Waals surface area contributed by atoms with E-state index in [-0.39, 0.29) is 12.0 Å². The first kappa shape index (κ1) is 14.5. The van der Waals surface area contributed by atoms with Crippen LogP contribution in [0.4, 0.5) is 5.69 Å². The van der Waals surface area contributed by atoms with Crippen LogP contribution in [0.2, 0.25) is 0 Å². The minimum atomic E-state index is -1.16. The number of carbonyl (C=O) groups is 2. The molecule has 20 heavy (non-hydrogen) atoms. The van der Waals surface area contributed by atoms with Gasteiger partial charge in [-0.2, -0.15) is 5.10 Å². The summed E-state index contributed by atoms with van der Waals surface area (Å²) in [4.78, 5) is 22.9. The fourth-order valence-corrected chi connectivity index (χ4v) is 2.02. The third-order valence-corrected chi connectivity index (χ3v) is 3.40. The molecule has 110 valence electrons. The van der Waals surface area contributed by atoms with Crippen LogP contribution in [0, 0.1) is 0 Å². The molecule has 2 rings (SSSR count). The summed E-state index contributed by atoms with van der Waals surface area (Å²) in [5.74, 6) is -1.14. The first-order chi connectivity index (χ1) is 9.39. The normalized spacial score (nSPS) is 19.0. The van der Waals surface area contributed by atoms with Gasteiger partial charge in [0.2, 0.25) is 5.91 Å². The van der Waals surface area contributed by atoms with Crippen molar-refractivity contribution < 1.29 is 19.4 Å². The molecule has 1 amide bonds. The molecule has 2 heterocycles. The standard InChI is InChI=1S/C13H19N3O4/c1-13(2,12(18)19)16-8-9(7-14-16)15-11(17)6-10-4-3-5-20-10/h7-8,10H,3-6H2,1-2H3,(H,15,17)(H,18,19). The number of carboxylic acid groups (broad SMARTS) is 1. The highest BCUT2D eigenvalue weighted by Crippen LogP contribution is 2.19. The summed E-state index contributed by atoms with van der Waals surface area (Å²) in [6, 6.07) is 0. The Bertz CT molecular complexity index is 503. The Labute approximate surface area is 116 Å². The maximum Gasteiger partial charge on any atom is 0.331 e. The molecule has 0 spiro atoms. The molecule has 1 saturated heterocycles. The number of hydrogen-bond acceptors (Lipinski definition) is 4. The molecule has 1 aliphatic heterocycles. The van der Waals surface area contributed by atoms with Crippen LogP contribution >= 0.6 is 0 Å². The lowest BCUT2D eigenvalue weighted by atomic mass is 10.1. The van der Waals surface area contributed by atoms with Crippen molar-refractivity contribution in [2.24, 2.45) is 0 Å². The van der Waals surface area contributed by atoms with Crippen LogP contribution in [0.5, 0.6) is 0 Å². The van der Waals surface area contributed by atoms with Crippen molar-refractivity contribution in [3.05, 3.63) is 12.4 Å². The van der Waals surface area contributed by atoms with Crippen LogP contribution in [0.1, 0.15) is 33.1 Å². The monoisotopic (exact) mass is 281 g/mol. The number of amides is 1. The number of ether oxygens (including phenoxy) is 1. The first-order valence-corrected chi connectivity index (χ1v) is 6.59. The van der Waals surface area contributed by atoms with Gasteiger partial charge < -0.3 is 15.2 Å². The molecule has 0 aliphatic carbocycles. The molecule has 0 aromatic carbocycles. The van der Waals surface area contributed by atoms with Gasteiger partial charge in [-0.3, -0.25) is 9.48 Å². The van der Waals surface area contributed by atoms with E-state index in [1.807, 2.05) is 0 Å². The lowest BCUT2D eigenvalue weighted by Crippen LogP contribution is -2.35. The number of hydrogen-bond donors (Lipinski definition) is 2. The molecule has 2 N–H and O–H groups in total. The van der Waals surface area contributed by atoms with Crippen LogP contribution in [-0.2, 0) is 19.9 Å². The summed E-state index contributed by atoms with van der Waals surface area (Å²) in [5.41, 5.74) is -0.667. The van der Waals surface area contributed by atoms with E-state index >= 15 is 0 Å². The minimum Gasteiger partial charge on any atom is -0.479 e. The van der Waals surface area contributed by atoms with Gasteiger partial charge in [-0.1, -0.05) is 0 Å². The van der Waals surface area contributed by atoms with Crippen molar-refractivity contribution in [2.75, 3.05) is 11.9 Å². The highest BCUT2D eigenvalue weighted by atomic mass is 16.5. The summed E-state index contributed by atoms with van der Waals surface area (Å²) >= 11 is 0. The zero-order valence-electron chi connectivity index (χ0n) is 11.6. The van der Waals surface area contributed by atoms with Crippen LogP contribution in [-0.4, -0.2) is 39.5 Å². The van der Waals surface area contributed by atoms with E-state index in [4.69, 9.17) is 9.84 Å². The second-order valence-electron chi connectivity index (χ2n) is 5.43. The van der Waals surface area contributed by atoms with Gasteiger partial charge in [0.05, 0.1) is 24.4 Å². The highest BCUT2D eigenvalue weighted by Gasteiger charge is 2.30. The predicted octanol–water partition coefficient (Wildman–Crippen LogP) is 1.21. The molecular formula is C13H19N3O4. The third-order valence-electron chi connectivity index (χ3n) is 3.40. The fraction of sp³-hybridized carbons (Fsp3) is 0.615. The molecular weight excluding hydrogens is 262 g/mol. The topological polar surface area (TPSA) is 93.5 Å². The Balaban J connectivity index is 1.95. The second-order valence-corrected chi connectivity index (χ2v) is 5.43. The van der Waals surface area contributed by atoms with Crippen LogP contribution in [0.25, 0.3) is 0 Å². The number of rotatable bonds is 5. The van der Waals surface area contributed by atoms with Crippen LogP contribution in [0.15, 0.2) is 12.4 Å². The maximum atomic E-state index is 11.8. The largest absolute Gasteiger partial charge is 0.479 e. The van der Waals surface area contributed by atoms with Gasteiger partial charge in [0.15, 0.2) is 5.54 Å². The average molecular weight is 281 g/mol. The van der Waals surface area contributed by atoms with Gasteiger partial charge in [-0.05, 0) is 26.7 Å². The van der Waals surface area contributed by atoms with Crippen molar-refractivity contribution in [2.45, 2.75) is 44.8 Å². The van der Waals surface area contributed by atoms with Crippen molar-refractivity contribution in [1.29, 1.82) is 0 Å². The van der Waals surface area contributed by atoms with E-state index in [1.54, 1.807) is 13.8 Å². The summed E-state index contributed by atoms with van der Waals surface area (Å²) in [7, 11) is 0. The van der Waals surface area contributed by atoms with Crippen LogP contribution < -0.4 is 5.32 Å². The Morgan fingerprint density at radius 3 is 2.95 bits per heavy atom. The van der Waals surface area contributed by atoms with Gasteiger partial charge in [-0.25, -0.2) is 4.79 Å². The lowest BCUT2D eigenvalue weighted by molar-refractivity contribution is -0.146. The van der Waals surface area contributed by atoms with Crippen molar-refractivity contribution in [3.63, 3.8) is 0 Å². The Kier molecular flexibility index (Phi) is 4.08.